The molecule has 0 aliphatic heterocycles. The average molecular weight is 398 g/mol. The second kappa shape index (κ2) is 7.46. The van der Waals surface area contributed by atoms with Crippen molar-refractivity contribution in [2.75, 3.05) is 0 Å². The van der Waals surface area contributed by atoms with E-state index in [0.717, 1.165) is 28.7 Å². The smallest absolute Gasteiger partial charge is 0.280 e. The Kier molecular flexibility index (Phi) is 5.42. The van der Waals surface area contributed by atoms with E-state index in [2.05, 4.69) is 5.10 Å². The predicted octanol–water partition coefficient (Wildman–Crippen LogP) is 4.23. The summed E-state index contributed by atoms with van der Waals surface area (Å²) in [5.74, 6) is -0.450. The van der Waals surface area contributed by atoms with Crippen LogP contribution >= 0.6 is 11.6 Å². The van der Waals surface area contributed by atoms with Gasteiger partial charge in [-0.2, -0.15) is 0 Å². The molecular formula is C19H22ClF2N3O2. The van der Waals surface area contributed by atoms with Gasteiger partial charge in [-0.15, -0.1) is 0 Å². The number of nitrogens with zero attached hydrogens (tertiary/aromatic N) is 2. The first-order valence-electron chi connectivity index (χ1n) is 8.87. The summed E-state index contributed by atoms with van der Waals surface area (Å²) in [5, 5.41) is 2.84. The number of aromatic nitrogens is 2. The molecule has 1 aliphatic rings. The minimum atomic E-state index is -2.93. The number of hydrogen-bond donors (Lipinski definition) is 1. The molecule has 0 saturated heterocycles. The third kappa shape index (κ3) is 3.93. The zero-order valence-corrected chi connectivity index (χ0v) is 16.2. The summed E-state index contributed by atoms with van der Waals surface area (Å²) < 4.78 is 27.6. The van der Waals surface area contributed by atoms with Gasteiger partial charge in [0.2, 0.25) is 0 Å². The molecule has 1 aliphatic carbocycles. The largest absolute Gasteiger partial charge is 0.331 e. The lowest BCUT2D eigenvalue weighted by Crippen LogP contribution is -2.36. The Bertz CT molecular complexity index is 916. The van der Waals surface area contributed by atoms with Crippen molar-refractivity contribution in [2.24, 2.45) is 7.05 Å². The number of carbonyl (C=O) groups excluding carboxylic acids is 1. The molecule has 1 heterocycles. The number of hydrogen-bond acceptors (Lipinski definition) is 2. The van der Waals surface area contributed by atoms with Crippen LogP contribution in [-0.2, 0) is 13.6 Å². The second-order valence-electron chi connectivity index (χ2n) is 7.23. The van der Waals surface area contributed by atoms with Crippen LogP contribution in [0.2, 0.25) is 5.02 Å². The normalized spacial score (nSPS) is 14.2. The van der Waals surface area contributed by atoms with Crippen LogP contribution < -0.4 is 5.56 Å². The van der Waals surface area contributed by atoms with Gasteiger partial charge in [-0.3, -0.25) is 19.4 Å². The molecule has 1 aromatic carbocycles. The number of alkyl halides is 2. The molecule has 0 unspecified atom stereocenters. The lowest BCUT2D eigenvalue weighted by atomic mass is 9.96. The predicted molar refractivity (Wildman–Crippen MR) is 99.4 cm³/mol. The first-order chi connectivity index (χ1) is 12.7. The van der Waals surface area contributed by atoms with E-state index in [9.17, 15) is 18.4 Å². The highest BCUT2D eigenvalue weighted by molar-refractivity contribution is 6.30. The van der Waals surface area contributed by atoms with E-state index in [4.69, 9.17) is 11.6 Å². The Labute approximate surface area is 160 Å². The van der Waals surface area contributed by atoms with Gasteiger partial charge in [0, 0.05) is 24.7 Å². The van der Waals surface area contributed by atoms with E-state index >= 15 is 0 Å². The average Bonchev–Trinajstić information content (AvgIpc) is 3.38. The minimum absolute atomic E-state index is 0.0541. The van der Waals surface area contributed by atoms with Gasteiger partial charge < -0.3 is 4.90 Å². The number of benzene rings is 1. The van der Waals surface area contributed by atoms with Crippen molar-refractivity contribution >= 4 is 17.5 Å². The third-order valence-electron chi connectivity index (χ3n) is 4.82. The molecule has 1 aromatic heterocycles. The van der Waals surface area contributed by atoms with Crippen LogP contribution in [0, 0.1) is 0 Å². The van der Waals surface area contributed by atoms with Crippen LogP contribution in [0.5, 0.6) is 0 Å². The van der Waals surface area contributed by atoms with E-state index in [0.29, 0.717) is 5.02 Å². The van der Waals surface area contributed by atoms with E-state index in [-0.39, 0.29) is 18.5 Å². The van der Waals surface area contributed by atoms with Gasteiger partial charge in [-0.05, 0) is 42.0 Å². The molecule has 1 N–H and O–H groups in total. The SMILES string of the molecule is CC(C)c1ccc(Cl)cc1CN(C(=O)c1c(C(F)F)[nH]n(C)c1=O)C1CC1. The summed E-state index contributed by atoms with van der Waals surface area (Å²) in [7, 11) is 1.32. The molecule has 2 aromatic rings. The molecule has 0 spiro atoms. The van der Waals surface area contributed by atoms with Crippen LogP contribution in [0.4, 0.5) is 8.78 Å². The van der Waals surface area contributed by atoms with Crippen molar-refractivity contribution in [1.82, 2.24) is 14.7 Å². The molecule has 146 valence electrons. The van der Waals surface area contributed by atoms with E-state index in [1.54, 1.807) is 12.1 Å². The topological polar surface area (TPSA) is 58.1 Å². The summed E-state index contributed by atoms with van der Waals surface area (Å²) in [4.78, 5) is 26.9. The molecular weight excluding hydrogens is 376 g/mol. The van der Waals surface area contributed by atoms with Gasteiger partial charge in [-0.1, -0.05) is 31.5 Å². The monoisotopic (exact) mass is 397 g/mol. The molecule has 5 nitrogen and oxygen atoms in total. The van der Waals surface area contributed by atoms with Gasteiger partial charge in [0.25, 0.3) is 17.9 Å². The molecule has 1 amide bonds. The molecule has 0 radical (unpaired) electrons. The number of aryl methyl sites for hydroxylation is 1. The van der Waals surface area contributed by atoms with Crippen LogP contribution in [0.3, 0.4) is 0 Å². The second-order valence-corrected chi connectivity index (χ2v) is 7.66. The summed E-state index contributed by atoms with van der Waals surface area (Å²) >= 11 is 6.13. The van der Waals surface area contributed by atoms with Crippen LogP contribution in [0.15, 0.2) is 23.0 Å². The Morgan fingerprint density at radius 3 is 2.59 bits per heavy atom. The van der Waals surface area contributed by atoms with Crippen LogP contribution in [0.25, 0.3) is 0 Å². The number of nitrogens with one attached hydrogen (secondary N) is 1. The number of halogens is 3. The van der Waals surface area contributed by atoms with Crippen molar-refractivity contribution < 1.29 is 13.6 Å². The van der Waals surface area contributed by atoms with Crippen molar-refractivity contribution in [1.29, 1.82) is 0 Å². The Hall–Kier alpha value is -2.15. The minimum Gasteiger partial charge on any atom is -0.331 e. The Morgan fingerprint density at radius 2 is 2.04 bits per heavy atom. The van der Waals surface area contributed by atoms with E-state index in [1.165, 1.54) is 11.9 Å². The van der Waals surface area contributed by atoms with Crippen molar-refractivity contribution in [3.8, 4) is 0 Å². The highest BCUT2D eigenvalue weighted by atomic mass is 35.5. The molecule has 27 heavy (non-hydrogen) atoms. The first kappa shape index (κ1) is 19.6. The zero-order chi connectivity index (χ0) is 19.9. The van der Waals surface area contributed by atoms with Gasteiger partial charge >= 0.3 is 0 Å². The molecule has 3 rings (SSSR count). The fourth-order valence-corrected chi connectivity index (χ4v) is 3.48. The first-order valence-corrected chi connectivity index (χ1v) is 9.24. The molecule has 0 atom stereocenters. The highest BCUT2D eigenvalue weighted by Gasteiger charge is 2.37. The summed E-state index contributed by atoms with van der Waals surface area (Å²) in [6.45, 7) is 4.30. The van der Waals surface area contributed by atoms with Gasteiger partial charge in [0.15, 0.2) is 0 Å². The maximum Gasteiger partial charge on any atom is 0.280 e. The highest BCUT2D eigenvalue weighted by Crippen LogP contribution is 2.33. The maximum absolute atomic E-state index is 13.3. The standard InChI is InChI=1S/C19H22ClF2N3O2/c1-10(2)14-7-4-12(20)8-11(14)9-25(13-5-6-13)19(27)15-16(17(21)22)23-24(3)18(15)26/h4,7-8,10,13,17,23H,5-6,9H2,1-3H3. The quantitative estimate of drug-likeness (QED) is 0.792. The number of amides is 1. The Balaban J connectivity index is 2.00. The van der Waals surface area contributed by atoms with Crippen LogP contribution in [-0.4, -0.2) is 26.6 Å². The van der Waals surface area contributed by atoms with Gasteiger partial charge in [0.05, 0.1) is 0 Å². The van der Waals surface area contributed by atoms with E-state index in [1.807, 2.05) is 19.9 Å². The maximum atomic E-state index is 13.3. The van der Waals surface area contributed by atoms with Crippen molar-refractivity contribution in [3.05, 3.63) is 56.0 Å². The summed E-state index contributed by atoms with van der Waals surface area (Å²) in [6, 6.07) is 5.45. The summed E-state index contributed by atoms with van der Waals surface area (Å²) in [5.41, 5.74) is 0.0505. The number of carbonyl (C=O) groups is 1. The lowest BCUT2D eigenvalue weighted by molar-refractivity contribution is 0.0715. The number of H-pyrrole nitrogens is 1. The number of rotatable bonds is 6. The molecule has 0 bridgehead atoms. The van der Waals surface area contributed by atoms with Crippen LogP contribution in [0.1, 0.15) is 66.2 Å². The van der Waals surface area contributed by atoms with E-state index < -0.39 is 29.1 Å². The number of aromatic amines is 1. The molecule has 1 saturated carbocycles. The molecule has 8 heteroatoms. The lowest BCUT2D eigenvalue weighted by Gasteiger charge is -2.24. The summed E-state index contributed by atoms with van der Waals surface area (Å²) in [6.07, 6.45) is -1.35. The van der Waals surface area contributed by atoms with Gasteiger partial charge in [0.1, 0.15) is 11.3 Å². The fraction of sp³-hybridized carbons (Fsp3) is 0.474. The fourth-order valence-electron chi connectivity index (χ4n) is 3.29. The molecule has 1 fully saturated rings. The van der Waals surface area contributed by atoms with Crippen molar-refractivity contribution in [2.45, 2.75) is 51.6 Å². The third-order valence-corrected chi connectivity index (χ3v) is 5.06. The van der Waals surface area contributed by atoms with Crippen molar-refractivity contribution in [3.63, 3.8) is 0 Å². The Morgan fingerprint density at radius 1 is 1.37 bits per heavy atom. The zero-order valence-electron chi connectivity index (χ0n) is 15.4. The van der Waals surface area contributed by atoms with Gasteiger partial charge in [-0.25, -0.2) is 8.78 Å².